The number of nitrogens with one attached hydrogen (secondary N) is 1. The van der Waals surface area contributed by atoms with Crippen molar-refractivity contribution in [2.75, 3.05) is 19.8 Å². The lowest BCUT2D eigenvalue weighted by molar-refractivity contribution is -0.359. The molecule has 2 aliphatic rings. The van der Waals surface area contributed by atoms with Gasteiger partial charge in [-0.05, 0) is 70.6 Å². The number of hydrogen-bond acceptors (Lipinski definition) is 13. The molecule has 2 saturated heterocycles. The highest BCUT2D eigenvalue weighted by Gasteiger charge is 2.51. The Labute approximate surface area is 505 Å². The van der Waals surface area contributed by atoms with E-state index < -0.39 is 86.8 Å². The molecule has 0 aromatic carbocycles. The summed E-state index contributed by atoms with van der Waals surface area (Å²) in [6.45, 7) is 2.79. The van der Waals surface area contributed by atoms with Gasteiger partial charge in [0, 0.05) is 6.42 Å². The van der Waals surface area contributed by atoms with E-state index in [4.69, 9.17) is 18.9 Å². The first-order chi connectivity index (χ1) is 40.6. The van der Waals surface area contributed by atoms with Crippen LogP contribution in [-0.4, -0.2) is 140 Å². The van der Waals surface area contributed by atoms with Crippen LogP contribution in [0.2, 0.25) is 0 Å². The minimum absolute atomic E-state index is 0.255. The summed E-state index contributed by atoms with van der Waals surface area (Å²) < 4.78 is 22.8. The van der Waals surface area contributed by atoms with Crippen LogP contribution in [0.4, 0.5) is 0 Å². The molecule has 1 amide bonds. The zero-order chi connectivity index (χ0) is 60.2. The molecule has 0 aromatic heterocycles. The molecule has 0 radical (unpaired) electrons. The monoisotopic (exact) mass is 1180 g/mol. The fourth-order valence-corrected chi connectivity index (χ4v) is 11.0. The van der Waals surface area contributed by atoms with Crippen LogP contribution < -0.4 is 5.32 Å². The largest absolute Gasteiger partial charge is 0.394 e. The van der Waals surface area contributed by atoms with E-state index in [0.29, 0.717) is 12.8 Å². The molecule has 2 heterocycles. The van der Waals surface area contributed by atoms with Gasteiger partial charge in [0.05, 0.1) is 32.0 Å². The molecule has 484 valence electrons. The molecule has 0 aromatic rings. The number of aliphatic hydroxyl groups excluding tert-OH is 8. The van der Waals surface area contributed by atoms with Gasteiger partial charge in [-0.15, -0.1) is 0 Å². The molecule has 9 N–H and O–H groups in total. The maximum Gasteiger partial charge on any atom is 0.220 e. The van der Waals surface area contributed by atoms with Crippen LogP contribution in [0, 0.1) is 0 Å². The Balaban J connectivity index is 1.73. The van der Waals surface area contributed by atoms with Gasteiger partial charge in [-0.2, -0.15) is 0 Å². The maximum absolute atomic E-state index is 13.3. The van der Waals surface area contributed by atoms with E-state index in [1.54, 1.807) is 6.08 Å². The Morgan fingerprint density at radius 1 is 0.434 bits per heavy atom. The predicted molar refractivity (Wildman–Crippen MR) is 337 cm³/mol. The van der Waals surface area contributed by atoms with Crippen LogP contribution in [0.15, 0.2) is 60.8 Å². The highest BCUT2D eigenvalue weighted by Crippen LogP contribution is 2.30. The second kappa shape index (κ2) is 53.9. The average Bonchev–Trinajstić information content (AvgIpc) is 3.64. The molecule has 83 heavy (non-hydrogen) atoms. The molecular formula is C69H125NO13. The van der Waals surface area contributed by atoms with Crippen molar-refractivity contribution in [2.45, 2.75) is 351 Å². The van der Waals surface area contributed by atoms with Crippen LogP contribution in [0.1, 0.15) is 277 Å². The third-order valence-electron chi connectivity index (χ3n) is 16.4. The molecule has 0 aliphatic carbocycles. The van der Waals surface area contributed by atoms with Gasteiger partial charge in [0.2, 0.25) is 5.91 Å². The van der Waals surface area contributed by atoms with Gasteiger partial charge < -0.3 is 65.1 Å². The van der Waals surface area contributed by atoms with E-state index in [1.165, 1.54) is 193 Å². The van der Waals surface area contributed by atoms with Gasteiger partial charge in [-0.1, -0.05) is 261 Å². The summed E-state index contributed by atoms with van der Waals surface area (Å²) in [6, 6.07) is -0.939. The zero-order valence-corrected chi connectivity index (χ0v) is 52.4. The second-order valence-corrected chi connectivity index (χ2v) is 23.9. The number of allylic oxidation sites excluding steroid dienone is 9. The van der Waals surface area contributed by atoms with Crippen molar-refractivity contribution >= 4 is 5.91 Å². The molecule has 0 saturated carbocycles. The lowest BCUT2D eigenvalue weighted by Crippen LogP contribution is -2.65. The van der Waals surface area contributed by atoms with Crippen molar-refractivity contribution < 1.29 is 64.6 Å². The quantitative estimate of drug-likeness (QED) is 0.0204. The first-order valence-corrected chi connectivity index (χ1v) is 34.0. The van der Waals surface area contributed by atoms with E-state index in [1.807, 2.05) is 6.08 Å². The summed E-state index contributed by atoms with van der Waals surface area (Å²) in [4.78, 5) is 13.3. The number of carbonyl (C=O) groups excluding carboxylic acids is 1. The highest BCUT2D eigenvalue weighted by molar-refractivity contribution is 5.76. The lowest BCUT2D eigenvalue weighted by Gasteiger charge is -2.46. The lowest BCUT2D eigenvalue weighted by atomic mass is 9.97. The third-order valence-corrected chi connectivity index (χ3v) is 16.4. The van der Waals surface area contributed by atoms with Gasteiger partial charge in [0.15, 0.2) is 12.6 Å². The highest BCUT2D eigenvalue weighted by atomic mass is 16.7. The number of ether oxygens (including phenoxy) is 4. The Hall–Kier alpha value is -2.31. The van der Waals surface area contributed by atoms with Crippen LogP contribution in [0.3, 0.4) is 0 Å². The van der Waals surface area contributed by atoms with Crippen molar-refractivity contribution in [2.24, 2.45) is 0 Å². The van der Waals surface area contributed by atoms with E-state index in [9.17, 15) is 45.6 Å². The van der Waals surface area contributed by atoms with Crippen molar-refractivity contribution in [1.29, 1.82) is 0 Å². The molecule has 12 atom stereocenters. The first-order valence-electron chi connectivity index (χ1n) is 34.0. The van der Waals surface area contributed by atoms with Crippen molar-refractivity contribution in [1.82, 2.24) is 5.32 Å². The number of rotatable bonds is 55. The SMILES string of the molecule is CCCCCCC/C=C\C/C=C\C/C=C\CCCCCCCCCCC(=O)NC(COC1OC(CO)C(OC2OC(CO)C(O)C(O)C2O)C(O)C1O)C(O)/C=C/CC/C=C/CCCCCCCCCCCCCCCCCCCCCC. The molecule has 0 bridgehead atoms. The molecule has 12 unspecified atom stereocenters. The molecular weight excluding hydrogens is 1050 g/mol. The summed E-state index contributed by atoms with van der Waals surface area (Å²) in [5.41, 5.74) is 0. The summed E-state index contributed by atoms with van der Waals surface area (Å²) in [6.07, 6.45) is 54.1. The predicted octanol–water partition coefficient (Wildman–Crippen LogP) is 13.3. The summed E-state index contributed by atoms with van der Waals surface area (Å²) in [5.74, 6) is -0.255. The molecule has 2 aliphatic heterocycles. The van der Waals surface area contributed by atoms with Crippen LogP contribution in [0.5, 0.6) is 0 Å². The fraction of sp³-hybridized carbons (Fsp3) is 0.841. The van der Waals surface area contributed by atoms with Crippen LogP contribution >= 0.6 is 0 Å². The molecule has 0 spiro atoms. The Bertz CT molecular complexity index is 1620. The van der Waals surface area contributed by atoms with Crippen LogP contribution in [0.25, 0.3) is 0 Å². The number of amides is 1. The van der Waals surface area contributed by atoms with Crippen molar-refractivity contribution in [3.05, 3.63) is 60.8 Å². The van der Waals surface area contributed by atoms with E-state index >= 15 is 0 Å². The average molecular weight is 1180 g/mol. The van der Waals surface area contributed by atoms with Crippen molar-refractivity contribution in [3.63, 3.8) is 0 Å². The molecule has 2 rings (SSSR count). The van der Waals surface area contributed by atoms with Gasteiger partial charge in [0.1, 0.15) is 48.8 Å². The minimum Gasteiger partial charge on any atom is -0.394 e. The smallest absolute Gasteiger partial charge is 0.220 e. The van der Waals surface area contributed by atoms with Gasteiger partial charge in [-0.25, -0.2) is 0 Å². The van der Waals surface area contributed by atoms with E-state index in [0.717, 1.165) is 51.4 Å². The molecule has 2 fully saturated rings. The number of unbranched alkanes of at least 4 members (excludes halogenated alkanes) is 34. The van der Waals surface area contributed by atoms with Gasteiger partial charge in [-0.3, -0.25) is 4.79 Å². The number of aliphatic hydroxyl groups is 8. The normalized spacial score (nSPS) is 24.2. The molecule has 14 heteroatoms. The summed E-state index contributed by atoms with van der Waals surface area (Å²) in [5, 5.41) is 87.3. The Morgan fingerprint density at radius 3 is 1.27 bits per heavy atom. The maximum atomic E-state index is 13.3. The van der Waals surface area contributed by atoms with Gasteiger partial charge in [0.25, 0.3) is 0 Å². The number of hydrogen-bond donors (Lipinski definition) is 9. The minimum atomic E-state index is -1.79. The fourth-order valence-electron chi connectivity index (χ4n) is 11.0. The van der Waals surface area contributed by atoms with Crippen molar-refractivity contribution in [3.8, 4) is 0 Å². The second-order valence-electron chi connectivity index (χ2n) is 23.9. The first kappa shape index (κ1) is 76.8. The number of carbonyl (C=O) groups is 1. The third kappa shape index (κ3) is 38.6. The summed E-state index contributed by atoms with van der Waals surface area (Å²) in [7, 11) is 0. The van der Waals surface area contributed by atoms with E-state index in [-0.39, 0.29) is 18.9 Å². The molecule has 14 nitrogen and oxygen atoms in total. The standard InChI is InChI=1S/C69H125NO13/c1-3-5-7-9-11-13-15-17-19-21-23-25-27-28-29-31-32-34-36-38-40-42-44-46-48-50-52-58(73)57(56-80-68-66(79)64(77)67(60(55-72)82-68)83-69-65(78)63(76)62(75)59(54-71)81-69)70-61(74)53-51-49-47-45-43-41-39-37-35-33-30-26-24-22-20-18-16-14-12-10-8-6-4-2/h16,18,22,24,30,33,42,44,50,52,57-60,62-69,71-73,75-79H,3-15,17,19-21,23,25-29,31-32,34-41,43,45-49,51,53-56H2,1-2H3,(H,70,74)/b18-16-,24-22-,33-30-,44-42+,52-50+. The van der Waals surface area contributed by atoms with Crippen LogP contribution in [-0.2, 0) is 23.7 Å². The zero-order valence-electron chi connectivity index (χ0n) is 52.4. The summed E-state index contributed by atoms with van der Waals surface area (Å²) >= 11 is 0. The Morgan fingerprint density at radius 2 is 0.807 bits per heavy atom. The Kier molecular flexibility index (Phi) is 49.9. The topological polar surface area (TPSA) is 228 Å². The van der Waals surface area contributed by atoms with Gasteiger partial charge >= 0.3 is 0 Å². The van der Waals surface area contributed by atoms with E-state index in [2.05, 4.69) is 67.8 Å².